The van der Waals surface area contributed by atoms with Gasteiger partial charge in [-0.25, -0.2) is 0 Å². The maximum Gasteiger partial charge on any atom is 0.261 e. The predicted octanol–water partition coefficient (Wildman–Crippen LogP) is 7.69. The number of aliphatic hydroxyl groups is 1. The molecule has 2 nitrogen and oxygen atoms in total. The third kappa shape index (κ3) is 5.79. The van der Waals surface area contributed by atoms with E-state index in [4.69, 9.17) is 4.43 Å². The highest BCUT2D eigenvalue weighted by molar-refractivity contribution is 6.99. The van der Waals surface area contributed by atoms with Gasteiger partial charge in [0.05, 0.1) is 0 Å². The summed E-state index contributed by atoms with van der Waals surface area (Å²) in [5, 5.41) is 12.7. The molecule has 1 aliphatic carbocycles. The van der Waals surface area contributed by atoms with Gasteiger partial charge < -0.3 is 9.53 Å². The second-order valence-corrected chi connectivity index (χ2v) is 18.3. The summed E-state index contributed by atoms with van der Waals surface area (Å²) in [6, 6.07) is 22.0. The van der Waals surface area contributed by atoms with Gasteiger partial charge in [0.25, 0.3) is 8.32 Å². The van der Waals surface area contributed by atoms with E-state index in [1.165, 1.54) is 29.6 Å². The summed E-state index contributed by atoms with van der Waals surface area (Å²) in [4.78, 5) is 0. The van der Waals surface area contributed by atoms with E-state index in [1.54, 1.807) is 0 Å². The first-order valence-electron chi connectivity index (χ1n) is 14.7. The normalized spacial score (nSPS) is 23.8. The number of rotatable bonds is 11. The van der Waals surface area contributed by atoms with E-state index in [0.717, 1.165) is 13.0 Å². The number of hydrogen-bond donors (Lipinski definition) is 1. The van der Waals surface area contributed by atoms with Crippen molar-refractivity contribution >= 4 is 18.7 Å². The van der Waals surface area contributed by atoms with Gasteiger partial charge in [-0.05, 0) is 75.6 Å². The molecule has 4 atom stereocenters. The Hall–Kier alpha value is -1.42. The van der Waals surface area contributed by atoms with Crippen molar-refractivity contribution in [1.29, 1.82) is 0 Å². The van der Waals surface area contributed by atoms with Gasteiger partial charge in [0, 0.05) is 13.2 Å². The van der Waals surface area contributed by atoms with Gasteiger partial charge in [-0.1, -0.05) is 123 Å². The van der Waals surface area contributed by atoms with E-state index >= 15 is 0 Å². The highest BCUT2D eigenvalue weighted by Crippen LogP contribution is 2.60. The van der Waals surface area contributed by atoms with Gasteiger partial charge in [-0.15, -0.1) is 0 Å². The molecule has 0 radical (unpaired) electrons. The van der Waals surface area contributed by atoms with Crippen molar-refractivity contribution in [1.82, 2.24) is 0 Å². The van der Waals surface area contributed by atoms with E-state index in [-0.39, 0.29) is 15.9 Å². The fourth-order valence-electron chi connectivity index (χ4n) is 7.21. The summed E-state index contributed by atoms with van der Waals surface area (Å²) in [5.41, 5.74) is 0.431. The van der Waals surface area contributed by atoms with Gasteiger partial charge in [-0.3, -0.25) is 0 Å². The van der Waals surface area contributed by atoms with Crippen molar-refractivity contribution in [2.45, 2.75) is 93.0 Å². The minimum atomic E-state index is -2.52. The minimum absolute atomic E-state index is 0.00514. The molecule has 1 N–H and O–H groups in total. The number of aliphatic hydroxyl groups excluding tert-OH is 1. The lowest BCUT2D eigenvalue weighted by molar-refractivity contribution is 0.00791. The van der Waals surface area contributed by atoms with Crippen LogP contribution in [0.5, 0.6) is 0 Å². The van der Waals surface area contributed by atoms with Crippen molar-refractivity contribution in [3.8, 4) is 0 Å². The summed E-state index contributed by atoms with van der Waals surface area (Å²) < 4.78 is 7.35. The first-order valence-corrected chi connectivity index (χ1v) is 16.6. The van der Waals surface area contributed by atoms with Gasteiger partial charge in [0.15, 0.2) is 0 Å². The lowest BCUT2D eigenvalue weighted by Gasteiger charge is -2.46. The molecule has 2 aromatic rings. The van der Waals surface area contributed by atoms with Crippen LogP contribution in [-0.4, -0.2) is 26.6 Å². The first-order chi connectivity index (χ1) is 17.3. The predicted molar refractivity (Wildman–Crippen MR) is 162 cm³/mol. The standard InChI is InChI=1S/C34H54O2Si/c1-26(2)28(21-20-27(3)34(9)23-22-29(24-35)33(34,7)8)25-36-37(32(4,5)6,30-16-12-10-13-17-30)31-18-14-11-15-19-31/h10-19,26-29,35H,20-25H2,1-9H3/t27-,28-,29-,34+/m0/s1. The average molecular weight is 523 g/mol. The van der Waals surface area contributed by atoms with E-state index in [2.05, 4.69) is 123 Å². The molecule has 0 spiro atoms. The van der Waals surface area contributed by atoms with Crippen LogP contribution in [0.3, 0.4) is 0 Å². The molecule has 1 saturated carbocycles. The zero-order valence-corrected chi connectivity index (χ0v) is 26.2. The Morgan fingerprint density at radius 1 is 0.892 bits per heavy atom. The Morgan fingerprint density at radius 2 is 1.41 bits per heavy atom. The largest absolute Gasteiger partial charge is 0.407 e. The summed E-state index contributed by atoms with van der Waals surface area (Å²) in [5.74, 6) is 2.12. The minimum Gasteiger partial charge on any atom is -0.407 e. The Bertz CT molecular complexity index is 923. The summed E-state index contributed by atoms with van der Waals surface area (Å²) in [6.07, 6.45) is 4.77. The molecule has 0 aliphatic heterocycles. The van der Waals surface area contributed by atoms with Crippen LogP contribution < -0.4 is 10.4 Å². The molecule has 3 rings (SSSR count). The van der Waals surface area contributed by atoms with Crippen LogP contribution in [0.1, 0.15) is 88.0 Å². The van der Waals surface area contributed by atoms with Crippen molar-refractivity contribution in [2.24, 2.45) is 34.5 Å². The zero-order chi connectivity index (χ0) is 27.5. The summed E-state index contributed by atoms with van der Waals surface area (Å²) in [7, 11) is -2.52. The third-order valence-electron chi connectivity index (χ3n) is 10.7. The molecular formula is C34H54O2Si. The SMILES string of the molecule is CC(C)[C@@H](CC[C@H](C)[C@@]1(C)CC[C@@H](CO)C1(C)C)CO[Si](c1ccccc1)(c1ccccc1)C(C)(C)C. The van der Waals surface area contributed by atoms with Gasteiger partial charge in [0.2, 0.25) is 0 Å². The molecule has 0 heterocycles. The van der Waals surface area contributed by atoms with Gasteiger partial charge in [-0.2, -0.15) is 0 Å². The molecular weight excluding hydrogens is 468 g/mol. The quantitative estimate of drug-likeness (QED) is 0.307. The molecule has 2 aromatic carbocycles. The highest BCUT2D eigenvalue weighted by Gasteiger charge is 2.53. The second kappa shape index (κ2) is 11.8. The van der Waals surface area contributed by atoms with Crippen LogP contribution in [0.2, 0.25) is 5.04 Å². The maximum absolute atomic E-state index is 9.99. The average Bonchev–Trinajstić information content (AvgIpc) is 3.10. The molecule has 1 aliphatic rings. The molecule has 206 valence electrons. The van der Waals surface area contributed by atoms with E-state index in [9.17, 15) is 5.11 Å². The maximum atomic E-state index is 9.99. The molecule has 0 amide bonds. The lowest BCUT2D eigenvalue weighted by atomic mass is 9.59. The monoisotopic (exact) mass is 522 g/mol. The number of benzene rings is 2. The van der Waals surface area contributed by atoms with Crippen LogP contribution in [0.15, 0.2) is 60.7 Å². The van der Waals surface area contributed by atoms with Crippen molar-refractivity contribution in [3.63, 3.8) is 0 Å². The zero-order valence-electron chi connectivity index (χ0n) is 25.2. The van der Waals surface area contributed by atoms with Crippen LogP contribution in [0.4, 0.5) is 0 Å². The fraction of sp³-hybridized carbons (Fsp3) is 0.647. The Morgan fingerprint density at radius 3 is 1.81 bits per heavy atom. The lowest BCUT2D eigenvalue weighted by Crippen LogP contribution is -2.67. The highest BCUT2D eigenvalue weighted by atomic mass is 28.4. The Labute approximate surface area is 229 Å². The summed E-state index contributed by atoms with van der Waals surface area (Å²) in [6.45, 7) is 22.7. The fourth-order valence-corrected chi connectivity index (χ4v) is 11.8. The number of hydrogen-bond acceptors (Lipinski definition) is 2. The molecule has 0 aromatic heterocycles. The van der Waals surface area contributed by atoms with Crippen LogP contribution in [-0.2, 0) is 4.43 Å². The first kappa shape index (κ1) is 30.1. The molecule has 3 heteroatoms. The van der Waals surface area contributed by atoms with E-state index in [0.29, 0.717) is 30.3 Å². The molecule has 0 saturated heterocycles. The Kier molecular flexibility index (Phi) is 9.57. The topological polar surface area (TPSA) is 29.5 Å². The molecule has 1 fully saturated rings. The van der Waals surface area contributed by atoms with E-state index < -0.39 is 8.32 Å². The van der Waals surface area contributed by atoms with Crippen LogP contribution >= 0.6 is 0 Å². The van der Waals surface area contributed by atoms with Gasteiger partial charge in [0.1, 0.15) is 0 Å². The van der Waals surface area contributed by atoms with Crippen molar-refractivity contribution in [2.75, 3.05) is 13.2 Å². The third-order valence-corrected chi connectivity index (χ3v) is 15.7. The van der Waals surface area contributed by atoms with Crippen molar-refractivity contribution in [3.05, 3.63) is 60.7 Å². The Balaban J connectivity index is 1.85. The molecule has 0 unspecified atom stereocenters. The molecule has 0 bridgehead atoms. The van der Waals surface area contributed by atoms with E-state index in [1.807, 2.05) is 0 Å². The van der Waals surface area contributed by atoms with Gasteiger partial charge >= 0.3 is 0 Å². The smallest absolute Gasteiger partial charge is 0.261 e. The van der Waals surface area contributed by atoms with Crippen LogP contribution in [0, 0.1) is 34.5 Å². The summed E-state index contributed by atoms with van der Waals surface area (Å²) >= 11 is 0. The van der Waals surface area contributed by atoms with Crippen molar-refractivity contribution < 1.29 is 9.53 Å². The van der Waals surface area contributed by atoms with Crippen LogP contribution in [0.25, 0.3) is 0 Å². The molecule has 37 heavy (non-hydrogen) atoms. The second-order valence-electron chi connectivity index (χ2n) is 14.0.